The van der Waals surface area contributed by atoms with Crippen molar-refractivity contribution in [3.8, 4) is 28.1 Å². The number of cyclic esters (lactones) is 1. The first-order chi connectivity index (χ1) is 33.0. The summed E-state index contributed by atoms with van der Waals surface area (Å²) in [5, 5.41) is 16.7. The van der Waals surface area contributed by atoms with Crippen LogP contribution in [0, 0.1) is 11.3 Å². The van der Waals surface area contributed by atoms with Crippen molar-refractivity contribution in [2.75, 3.05) is 33.8 Å². The number of pyridine rings is 1. The first-order valence-corrected chi connectivity index (χ1v) is 25.7. The number of esters is 1. The third-order valence-electron chi connectivity index (χ3n) is 13.9. The SMILES string of the molecule is CCc1ccncc1-c1c2c3cc(ccc3n1CC)-c1cc(O)cc(c1)C[C@H](NC(=O)[C@H](C(C)C)N(C)C(=O)CN(C)C(=O)[C@H]1[C@@H](C)N1[S@+]([O-])C(C)(C)C)C(=O)N1CCC[C@H](N1)C(=O)OCC(C)(C)C2. The minimum Gasteiger partial charge on any atom is -0.597 e. The second-order valence-electron chi connectivity index (χ2n) is 21.4. The van der Waals surface area contributed by atoms with Gasteiger partial charge in [-0.3, -0.25) is 34.0 Å². The number of hydrogen-bond donors (Lipinski definition) is 3. The van der Waals surface area contributed by atoms with E-state index in [2.05, 4.69) is 66.2 Å². The fourth-order valence-corrected chi connectivity index (χ4v) is 11.6. The zero-order valence-corrected chi connectivity index (χ0v) is 43.7. The number of rotatable bonds is 11. The summed E-state index contributed by atoms with van der Waals surface area (Å²) in [6.07, 6.45) is 6.01. The van der Waals surface area contributed by atoms with Crippen LogP contribution in [0.5, 0.6) is 5.75 Å². The van der Waals surface area contributed by atoms with Crippen molar-refractivity contribution in [2.24, 2.45) is 11.3 Å². The van der Waals surface area contributed by atoms with E-state index in [0.717, 1.165) is 39.7 Å². The van der Waals surface area contributed by atoms with E-state index in [9.17, 15) is 33.6 Å². The Labute approximate surface area is 415 Å². The zero-order valence-electron chi connectivity index (χ0n) is 42.9. The minimum atomic E-state index is -1.41. The van der Waals surface area contributed by atoms with Gasteiger partial charge in [0.2, 0.25) is 17.7 Å². The van der Waals surface area contributed by atoms with E-state index in [1.54, 1.807) is 30.3 Å². The van der Waals surface area contributed by atoms with E-state index >= 15 is 0 Å². The second kappa shape index (κ2) is 20.7. The summed E-state index contributed by atoms with van der Waals surface area (Å²) >= 11 is -1.41. The lowest BCUT2D eigenvalue weighted by Gasteiger charge is -2.37. The molecule has 7 rings (SSSR count). The summed E-state index contributed by atoms with van der Waals surface area (Å²) < 4.78 is 22.6. The molecule has 2 fully saturated rings. The van der Waals surface area contributed by atoms with Gasteiger partial charge in [-0.1, -0.05) is 46.8 Å². The molecule has 2 saturated heterocycles. The van der Waals surface area contributed by atoms with Gasteiger partial charge in [-0.2, -0.15) is 0 Å². The fraction of sp³-hybridized carbons (Fsp3) is 0.547. The zero-order chi connectivity index (χ0) is 51.1. The number of aromatic nitrogens is 2. The highest BCUT2D eigenvalue weighted by Crippen LogP contribution is 2.42. The molecule has 0 saturated carbocycles. The second-order valence-corrected chi connectivity index (χ2v) is 23.5. The Morgan fingerprint density at radius 3 is 2.47 bits per heavy atom. The number of fused-ring (bicyclic) bond motifs is 6. The number of aromatic hydroxyl groups is 1. The lowest BCUT2D eigenvalue weighted by molar-refractivity contribution is -0.155. The summed E-state index contributed by atoms with van der Waals surface area (Å²) in [4.78, 5) is 77.9. The average molecular weight is 981 g/mol. The lowest BCUT2D eigenvalue weighted by Crippen LogP contribution is -2.62. The maximum Gasteiger partial charge on any atom is 0.324 e. The Kier molecular flexibility index (Phi) is 15.5. The molecule has 3 aliphatic heterocycles. The van der Waals surface area contributed by atoms with Crippen molar-refractivity contribution in [1.82, 2.24) is 39.4 Å². The topological polar surface area (TPSA) is 192 Å². The Morgan fingerprint density at radius 1 is 1.07 bits per heavy atom. The monoisotopic (exact) mass is 981 g/mol. The minimum absolute atomic E-state index is 0.0213. The van der Waals surface area contributed by atoms with Crippen LogP contribution in [-0.2, 0) is 65.9 Å². The quantitative estimate of drug-likeness (QED) is 0.0938. The molecule has 70 heavy (non-hydrogen) atoms. The van der Waals surface area contributed by atoms with Gasteiger partial charge < -0.3 is 34.1 Å². The average Bonchev–Trinajstić information content (AvgIpc) is 3.89. The molecular formula is C53H72N8O8S. The third kappa shape index (κ3) is 10.9. The first kappa shape index (κ1) is 52.3. The van der Waals surface area contributed by atoms with Gasteiger partial charge in [0.25, 0.3) is 5.91 Å². The Morgan fingerprint density at radius 2 is 1.80 bits per heavy atom. The number of likely N-dealkylation sites (N-methyl/N-ethyl adjacent to an activating group) is 2. The van der Waals surface area contributed by atoms with E-state index < -0.39 is 75.3 Å². The molecule has 378 valence electrons. The molecule has 7 atom stereocenters. The summed E-state index contributed by atoms with van der Waals surface area (Å²) in [5.74, 6) is -2.86. The summed E-state index contributed by atoms with van der Waals surface area (Å²) in [6.45, 7) is 20.1. The van der Waals surface area contributed by atoms with Gasteiger partial charge in [-0.05, 0) is 124 Å². The summed E-state index contributed by atoms with van der Waals surface area (Å²) in [6, 6.07) is 9.52. The number of carbonyl (C=O) groups is 5. The van der Waals surface area contributed by atoms with Crippen molar-refractivity contribution in [1.29, 1.82) is 0 Å². The first-order valence-electron chi connectivity index (χ1n) is 24.6. The molecule has 4 amide bonds. The number of hydrogen-bond acceptors (Lipinski definition) is 11. The highest BCUT2D eigenvalue weighted by Gasteiger charge is 2.61. The van der Waals surface area contributed by atoms with E-state index in [1.807, 2.05) is 52.2 Å². The van der Waals surface area contributed by atoms with Crippen LogP contribution in [0.1, 0.15) is 98.8 Å². The van der Waals surface area contributed by atoms with E-state index in [1.165, 1.54) is 34.5 Å². The van der Waals surface area contributed by atoms with Gasteiger partial charge >= 0.3 is 5.97 Å². The number of aryl methyl sites for hydroxylation is 2. The van der Waals surface area contributed by atoms with Gasteiger partial charge in [-0.25, -0.2) is 5.43 Å². The van der Waals surface area contributed by atoms with E-state index in [4.69, 9.17) is 4.74 Å². The third-order valence-corrected chi connectivity index (χ3v) is 15.9. The van der Waals surface area contributed by atoms with Crippen molar-refractivity contribution in [3.05, 3.63) is 71.5 Å². The molecule has 5 heterocycles. The predicted molar refractivity (Wildman–Crippen MR) is 271 cm³/mol. The van der Waals surface area contributed by atoms with Gasteiger partial charge in [0.15, 0.2) is 6.04 Å². The van der Waals surface area contributed by atoms with Crippen molar-refractivity contribution < 1.29 is 38.4 Å². The highest BCUT2D eigenvalue weighted by atomic mass is 32.2. The molecule has 0 spiro atoms. The molecule has 16 nitrogen and oxygen atoms in total. The molecule has 2 aromatic carbocycles. The molecular weight excluding hydrogens is 909 g/mol. The van der Waals surface area contributed by atoms with Crippen molar-refractivity contribution in [3.63, 3.8) is 0 Å². The molecule has 0 aliphatic carbocycles. The number of phenolic OH excluding ortho intramolecular Hbond substituents is 1. The molecule has 2 aromatic heterocycles. The normalized spacial score (nSPS) is 22.5. The van der Waals surface area contributed by atoms with Gasteiger partial charge in [-0.15, -0.1) is 4.31 Å². The van der Waals surface area contributed by atoms with Crippen molar-refractivity contribution >= 4 is 51.9 Å². The molecule has 3 aliphatic rings. The van der Waals surface area contributed by atoms with E-state index in [0.29, 0.717) is 36.9 Å². The number of hydrazine groups is 1. The maximum absolute atomic E-state index is 14.8. The number of amides is 4. The predicted octanol–water partition coefficient (Wildman–Crippen LogP) is 5.78. The summed E-state index contributed by atoms with van der Waals surface area (Å²) in [7, 11) is 3.02. The van der Waals surface area contributed by atoms with Crippen LogP contribution < -0.4 is 10.7 Å². The number of ether oxygens (including phenoxy) is 1. The van der Waals surface area contributed by atoms with Crippen LogP contribution in [0.3, 0.4) is 0 Å². The Balaban J connectivity index is 1.23. The summed E-state index contributed by atoms with van der Waals surface area (Å²) in [5.41, 5.74) is 10.1. The maximum atomic E-state index is 14.8. The van der Waals surface area contributed by atoms with Crippen LogP contribution in [0.25, 0.3) is 33.3 Å². The standard InChI is InChI=1S/C53H72N8O8S/c1-13-34-19-20-54-28-40(34)47-39-27-53(9,10)30-69-51(67)41-16-15-21-60(56-41)49(65)42(24-33-22-36(25-37(62)23-33)35-17-18-43(38(39)26-35)59(47)14-2)55-48(64)45(31(3)4)58(12)44(63)29-57(11)50(66)46-32(5)61(46)70(68)52(6,7)8/h17-20,22-23,25-26,28,31-32,41-42,45-46,56,62H,13-16,21,24,27,29-30H2,1-12H3,(H,55,64)/t32-,41+,42+,45+,46-,61?,70-/m1/s1. The Bertz CT molecular complexity index is 2640. The number of nitrogens with one attached hydrogen (secondary N) is 2. The fourth-order valence-electron chi connectivity index (χ4n) is 10.1. The molecule has 3 N–H and O–H groups in total. The van der Waals surface area contributed by atoms with Crippen LogP contribution in [0.15, 0.2) is 54.9 Å². The molecule has 4 aromatic rings. The van der Waals surface area contributed by atoms with Crippen molar-refractivity contribution in [2.45, 2.75) is 143 Å². The molecule has 0 radical (unpaired) electrons. The molecule has 6 bridgehead atoms. The van der Waals surface area contributed by atoms with E-state index in [-0.39, 0.29) is 43.8 Å². The molecule has 17 heteroatoms. The number of phenols is 1. The van der Waals surface area contributed by atoms with Gasteiger partial charge in [0, 0.05) is 79.2 Å². The van der Waals surface area contributed by atoms with Crippen LogP contribution >= 0.6 is 0 Å². The number of carbonyl (C=O) groups excluding carboxylic acids is 5. The lowest BCUT2D eigenvalue weighted by atomic mass is 9.84. The number of benzene rings is 2. The largest absolute Gasteiger partial charge is 0.597 e. The van der Waals surface area contributed by atoms with Gasteiger partial charge in [0.1, 0.15) is 28.6 Å². The van der Waals surface area contributed by atoms with Crippen LogP contribution in [-0.4, -0.2) is 137 Å². The molecule has 1 unspecified atom stereocenters. The smallest absolute Gasteiger partial charge is 0.324 e. The van der Waals surface area contributed by atoms with Crippen LogP contribution in [0.4, 0.5) is 0 Å². The van der Waals surface area contributed by atoms with Gasteiger partial charge in [0.05, 0.1) is 24.9 Å². The van der Waals surface area contributed by atoms with Crippen LogP contribution in [0.2, 0.25) is 0 Å². The number of nitrogens with zero attached hydrogens (tertiary/aromatic N) is 6. The highest BCUT2D eigenvalue weighted by molar-refractivity contribution is 7.90. The Hall–Kier alpha value is -5.49.